The van der Waals surface area contributed by atoms with E-state index < -0.39 is 62.0 Å². The Morgan fingerprint density at radius 2 is 1.43 bits per heavy atom. The molecule has 2 unspecified atom stereocenters. The summed E-state index contributed by atoms with van der Waals surface area (Å²) < 4.78 is 85.4. The lowest BCUT2D eigenvalue weighted by Gasteiger charge is -2.45. The summed E-state index contributed by atoms with van der Waals surface area (Å²) in [4.78, 5) is 4.66. The van der Waals surface area contributed by atoms with Crippen LogP contribution in [0.2, 0.25) is 5.04 Å². The second-order valence-electron chi connectivity index (χ2n) is 13.8. The van der Waals surface area contributed by atoms with E-state index in [0.29, 0.717) is 27.7 Å². The van der Waals surface area contributed by atoms with E-state index in [-0.39, 0.29) is 12.0 Å². The summed E-state index contributed by atoms with van der Waals surface area (Å²) in [6, 6.07) is 24.0. The first-order valence-corrected chi connectivity index (χ1v) is 17.8. The molecule has 0 saturated carbocycles. The Morgan fingerprint density at radius 3 is 1.98 bits per heavy atom. The summed E-state index contributed by atoms with van der Waals surface area (Å²) in [5, 5.41) is 1.80. The molecule has 9 heteroatoms. The highest BCUT2D eigenvalue weighted by Gasteiger charge is 2.52. The van der Waals surface area contributed by atoms with Gasteiger partial charge in [0.05, 0.1) is 19.2 Å². The maximum Gasteiger partial charge on any atom is 0.282 e. The molecule has 3 nitrogen and oxygen atoms in total. The molecule has 0 aliphatic carbocycles. The third kappa shape index (κ3) is 6.05. The predicted octanol–water partition coefficient (Wildman–Crippen LogP) is 8.44. The number of benzene rings is 4. The van der Waals surface area contributed by atoms with Gasteiger partial charge in [-0.15, -0.1) is 0 Å². The normalized spacial score (nSPS) is 17.7. The summed E-state index contributed by atoms with van der Waals surface area (Å²) in [5.74, 6) is -5.51. The Bertz CT molecular complexity index is 1820. The molecule has 0 radical (unpaired) electrons. The maximum atomic E-state index is 16.5. The van der Waals surface area contributed by atoms with E-state index in [1.54, 1.807) is 19.9 Å². The van der Waals surface area contributed by atoms with Crippen molar-refractivity contribution in [1.82, 2.24) is 9.88 Å². The van der Waals surface area contributed by atoms with Gasteiger partial charge in [0.1, 0.15) is 17.5 Å². The van der Waals surface area contributed by atoms with Gasteiger partial charge in [-0.1, -0.05) is 81.4 Å². The van der Waals surface area contributed by atoms with Gasteiger partial charge in [0.15, 0.2) is 0 Å². The van der Waals surface area contributed by atoms with Gasteiger partial charge in [0.2, 0.25) is 0 Å². The average molecular weight is 663 g/mol. The molecule has 0 fully saturated rings. The lowest BCUT2D eigenvalue weighted by Crippen LogP contribution is -2.67. The van der Waals surface area contributed by atoms with E-state index in [4.69, 9.17) is 4.43 Å². The fraction of sp³-hybridized carbons (Fsp3) is 0.316. The monoisotopic (exact) mass is 662 g/mol. The summed E-state index contributed by atoms with van der Waals surface area (Å²) in [6.07, 6.45) is 0.288. The molecule has 1 aromatic heterocycles. The van der Waals surface area contributed by atoms with Crippen molar-refractivity contribution in [3.63, 3.8) is 0 Å². The lowest BCUT2D eigenvalue weighted by molar-refractivity contribution is -0.0825. The fourth-order valence-electron chi connectivity index (χ4n) is 7.34. The number of aromatic nitrogens is 1. The number of nitrogens with one attached hydrogen (secondary N) is 1. The van der Waals surface area contributed by atoms with E-state index in [2.05, 4.69) is 4.98 Å². The molecule has 1 aliphatic heterocycles. The van der Waals surface area contributed by atoms with E-state index in [1.165, 1.54) is 29.2 Å². The Labute approximate surface area is 273 Å². The zero-order valence-electron chi connectivity index (χ0n) is 27.2. The van der Waals surface area contributed by atoms with E-state index >= 15 is 17.6 Å². The number of rotatable bonds is 8. The summed E-state index contributed by atoms with van der Waals surface area (Å²) in [5.41, 5.74) is 1.68. The van der Waals surface area contributed by atoms with Gasteiger partial charge in [-0.25, -0.2) is 22.0 Å². The SMILES string of the molecule is Cc1cc(F)c(C2c3[nH]c4ccc(F)cc4c3CC(C)N2CC(F)(F)CO[Si](c2ccccc2)(c2ccccc2)C(C)(C)C)c(F)c1. The first-order valence-electron chi connectivity index (χ1n) is 15.9. The molecule has 246 valence electrons. The molecule has 5 aromatic rings. The summed E-state index contributed by atoms with van der Waals surface area (Å²) in [7, 11) is -3.29. The van der Waals surface area contributed by atoms with Gasteiger partial charge in [0.25, 0.3) is 14.2 Å². The van der Waals surface area contributed by atoms with Crippen molar-refractivity contribution in [3.8, 4) is 0 Å². The number of alkyl halides is 2. The third-order valence-electron chi connectivity index (χ3n) is 9.40. The molecule has 2 atom stereocenters. The van der Waals surface area contributed by atoms with Crippen LogP contribution in [-0.4, -0.2) is 43.3 Å². The largest absolute Gasteiger partial charge is 0.401 e. The molecule has 2 heterocycles. The Morgan fingerprint density at radius 1 is 0.851 bits per heavy atom. The highest BCUT2D eigenvalue weighted by Crippen LogP contribution is 2.44. The van der Waals surface area contributed by atoms with E-state index in [0.717, 1.165) is 10.4 Å². The number of H-pyrrole nitrogens is 1. The zero-order valence-corrected chi connectivity index (χ0v) is 28.2. The van der Waals surface area contributed by atoms with Gasteiger partial charge in [0, 0.05) is 28.2 Å². The molecule has 0 bridgehead atoms. The van der Waals surface area contributed by atoms with Crippen LogP contribution in [0, 0.1) is 24.4 Å². The molecule has 0 spiro atoms. The van der Waals surface area contributed by atoms with Crippen molar-refractivity contribution >= 4 is 29.6 Å². The standard InChI is InChI=1S/C38H39F5N2OSi/c1-24-18-31(40)34(32(41)19-24)36-35-30(29-21-26(39)16-17-33(29)44-35)20-25(2)45(36)22-38(42,43)23-46-47(37(3,4)5,27-12-8-6-9-13-27)28-14-10-7-11-15-28/h6-19,21,25,36,44H,20,22-23H2,1-5H3. The van der Waals surface area contributed by atoms with Gasteiger partial charge in [-0.05, 0) is 77.1 Å². The molecular formula is C38H39F5N2OSi. The predicted molar refractivity (Wildman–Crippen MR) is 180 cm³/mol. The first kappa shape index (κ1) is 33.1. The summed E-state index contributed by atoms with van der Waals surface area (Å²) in [6.45, 7) is 7.69. The average Bonchev–Trinajstić information content (AvgIpc) is 3.35. The van der Waals surface area contributed by atoms with Crippen LogP contribution in [0.1, 0.15) is 56.1 Å². The third-order valence-corrected chi connectivity index (χ3v) is 14.4. The summed E-state index contributed by atoms with van der Waals surface area (Å²) >= 11 is 0. The number of hydrogen-bond donors (Lipinski definition) is 1. The van der Waals surface area contributed by atoms with Crippen molar-refractivity contribution in [3.05, 3.63) is 131 Å². The Balaban J connectivity index is 1.42. The van der Waals surface area contributed by atoms with Crippen molar-refractivity contribution in [2.45, 2.75) is 64.1 Å². The van der Waals surface area contributed by atoms with Crippen LogP contribution >= 0.6 is 0 Å². The second-order valence-corrected chi connectivity index (χ2v) is 18.1. The topological polar surface area (TPSA) is 28.3 Å². The van der Waals surface area contributed by atoms with Gasteiger partial charge in [-0.3, -0.25) is 4.90 Å². The van der Waals surface area contributed by atoms with Gasteiger partial charge in [-0.2, -0.15) is 0 Å². The van der Waals surface area contributed by atoms with Crippen LogP contribution in [-0.2, 0) is 10.8 Å². The van der Waals surface area contributed by atoms with Crippen molar-refractivity contribution in [1.29, 1.82) is 0 Å². The molecule has 1 aliphatic rings. The quantitative estimate of drug-likeness (QED) is 0.134. The zero-order chi connectivity index (χ0) is 33.7. The molecule has 6 rings (SSSR count). The van der Waals surface area contributed by atoms with Crippen LogP contribution in [0.15, 0.2) is 91.0 Å². The molecule has 0 amide bonds. The lowest BCUT2D eigenvalue weighted by atomic mass is 9.87. The second kappa shape index (κ2) is 12.3. The number of aromatic amines is 1. The first-order chi connectivity index (χ1) is 22.2. The number of aryl methyl sites for hydroxylation is 1. The van der Waals surface area contributed by atoms with Crippen molar-refractivity contribution in [2.24, 2.45) is 0 Å². The minimum atomic E-state index is -3.41. The highest BCUT2D eigenvalue weighted by atomic mass is 28.4. The fourth-order valence-corrected chi connectivity index (χ4v) is 11.9. The van der Waals surface area contributed by atoms with Gasteiger partial charge >= 0.3 is 0 Å². The maximum absolute atomic E-state index is 16.5. The van der Waals surface area contributed by atoms with Gasteiger partial charge < -0.3 is 9.41 Å². The van der Waals surface area contributed by atoms with E-state index in [1.807, 2.05) is 81.4 Å². The van der Waals surface area contributed by atoms with Crippen molar-refractivity contribution < 1.29 is 26.4 Å². The van der Waals surface area contributed by atoms with Crippen LogP contribution in [0.4, 0.5) is 22.0 Å². The van der Waals surface area contributed by atoms with Crippen LogP contribution in [0.3, 0.4) is 0 Å². The molecule has 1 N–H and O–H groups in total. The minimum Gasteiger partial charge on any atom is -0.401 e. The number of halogens is 5. The minimum absolute atomic E-state index is 0.288. The van der Waals surface area contributed by atoms with Crippen LogP contribution < -0.4 is 10.4 Å². The Hall–Kier alpha value is -3.79. The number of nitrogens with zero attached hydrogens (tertiary/aromatic N) is 1. The molecule has 0 saturated heterocycles. The number of fused-ring (bicyclic) bond motifs is 3. The molecule has 47 heavy (non-hydrogen) atoms. The van der Waals surface area contributed by atoms with Crippen LogP contribution in [0.5, 0.6) is 0 Å². The Kier molecular flexibility index (Phi) is 8.70. The number of hydrogen-bond acceptors (Lipinski definition) is 2. The van der Waals surface area contributed by atoms with Crippen LogP contribution in [0.25, 0.3) is 10.9 Å². The molecule has 4 aromatic carbocycles. The smallest absolute Gasteiger partial charge is 0.282 e. The van der Waals surface area contributed by atoms with E-state index in [9.17, 15) is 4.39 Å². The molecular weight excluding hydrogens is 624 g/mol. The van der Waals surface area contributed by atoms with Crippen molar-refractivity contribution in [2.75, 3.05) is 13.2 Å². The highest BCUT2D eigenvalue weighted by molar-refractivity contribution is 6.99.